The standard InChI is InChI=1S/C14H27N3O/c1-3-11-6-8-17(10-11)9-7-14(2,13(15)18)16-12-4-5-12/h11-12,16H,3-10H2,1-2H3,(H2,15,18). The van der Waals surface area contributed by atoms with Gasteiger partial charge in [0.1, 0.15) is 0 Å². The fourth-order valence-electron chi connectivity index (χ4n) is 2.78. The number of nitrogens with two attached hydrogens (primary N) is 1. The van der Waals surface area contributed by atoms with Crippen LogP contribution in [0.25, 0.3) is 0 Å². The highest BCUT2D eigenvalue weighted by Gasteiger charge is 2.37. The number of amides is 1. The van der Waals surface area contributed by atoms with Gasteiger partial charge in [-0.2, -0.15) is 0 Å². The Morgan fingerprint density at radius 1 is 1.44 bits per heavy atom. The lowest BCUT2D eigenvalue weighted by atomic mass is 9.96. The van der Waals surface area contributed by atoms with E-state index in [0.717, 1.165) is 18.9 Å². The average molecular weight is 253 g/mol. The van der Waals surface area contributed by atoms with Crippen LogP contribution in [0.2, 0.25) is 0 Å². The van der Waals surface area contributed by atoms with Gasteiger partial charge in [-0.05, 0) is 45.1 Å². The molecule has 2 aliphatic rings. The van der Waals surface area contributed by atoms with Crippen LogP contribution in [0.4, 0.5) is 0 Å². The highest BCUT2D eigenvalue weighted by molar-refractivity contribution is 5.84. The van der Waals surface area contributed by atoms with E-state index in [0.29, 0.717) is 6.04 Å². The number of carbonyl (C=O) groups excluding carboxylic acids is 1. The van der Waals surface area contributed by atoms with Crippen molar-refractivity contribution in [3.8, 4) is 0 Å². The molecular formula is C14H27N3O. The number of nitrogens with zero attached hydrogens (tertiary/aromatic N) is 1. The summed E-state index contributed by atoms with van der Waals surface area (Å²) in [5.41, 5.74) is 5.04. The van der Waals surface area contributed by atoms with Crippen molar-refractivity contribution in [2.45, 2.75) is 57.5 Å². The lowest BCUT2D eigenvalue weighted by Gasteiger charge is -2.29. The summed E-state index contributed by atoms with van der Waals surface area (Å²) in [5.74, 6) is 0.641. The second-order valence-corrected chi connectivity index (χ2v) is 6.23. The van der Waals surface area contributed by atoms with E-state index < -0.39 is 5.54 Å². The monoisotopic (exact) mass is 253 g/mol. The second kappa shape index (κ2) is 5.57. The molecule has 2 rings (SSSR count). The van der Waals surface area contributed by atoms with E-state index in [1.165, 1.54) is 38.8 Å². The molecule has 0 aromatic heterocycles. The summed E-state index contributed by atoms with van der Waals surface area (Å²) < 4.78 is 0. The topological polar surface area (TPSA) is 58.4 Å². The number of rotatable bonds is 7. The molecule has 3 N–H and O–H groups in total. The van der Waals surface area contributed by atoms with Gasteiger partial charge in [0.15, 0.2) is 0 Å². The van der Waals surface area contributed by atoms with Crippen LogP contribution >= 0.6 is 0 Å². The van der Waals surface area contributed by atoms with Crippen molar-refractivity contribution in [2.24, 2.45) is 11.7 Å². The molecule has 4 nitrogen and oxygen atoms in total. The van der Waals surface area contributed by atoms with E-state index in [-0.39, 0.29) is 5.91 Å². The summed E-state index contributed by atoms with van der Waals surface area (Å²) >= 11 is 0. The first kappa shape index (κ1) is 13.8. The van der Waals surface area contributed by atoms with Gasteiger partial charge in [0, 0.05) is 19.1 Å². The fourth-order valence-corrected chi connectivity index (χ4v) is 2.78. The minimum absolute atomic E-state index is 0.208. The molecule has 2 atom stereocenters. The zero-order valence-electron chi connectivity index (χ0n) is 11.7. The molecule has 1 aliphatic heterocycles. The van der Waals surface area contributed by atoms with Crippen molar-refractivity contribution in [1.29, 1.82) is 0 Å². The molecule has 2 unspecified atom stereocenters. The summed E-state index contributed by atoms with van der Waals surface area (Å²) in [7, 11) is 0. The van der Waals surface area contributed by atoms with Gasteiger partial charge in [0.05, 0.1) is 5.54 Å². The minimum Gasteiger partial charge on any atom is -0.368 e. The normalized spacial score (nSPS) is 28.2. The predicted molar refractivity (Wildman–Crippen MR) is 73.2 cm³/mol. The molecule has 0 aromatic rings. The van der Waals surface area contributed by atoms with E-state index in [1.807, 2.05) is 6.92 Å². The Morgan fingerprint density at radius 2 is 2.17 bits per heavy atom. The third-order valence-corrected chi connectivity index (χ3v) is 4.52. The quantitative estimate of drug-likeness (QED) is 0.714. The Kier molecular flexibility index (Phi) is 4.28. The van der Waals surface area contributed by atoms with Gasteiger partial charge in [-0.3, -0.25) is 4.79 Å². The van der Waals surface area contributed by atoms with Crippen LogP contribution in [-0.4, -0.2) is 42.0 Å². The molecule has 1 amide bonds. The van der Waals surface area contributed by atoms with Gasteiger partial charge in [-0.25, -0.2) is 0 Å². The van der Waals surface area contributed by atoms with Gasteiger partial charge in [0.2, 0.25) is 5.91 Å². The van der Waals surface area contributed by atoms with E-state index >= 15 is 0 Å². The highest BCUT2D eigenvalue weighted by atomic mass is 16.1. The van der Waals surface area contributed by atoms with Crippen molar-refractivity contribution >= 4 is 5.91 Å². The molecule has 1 heterocycles. The number of nitrogens with one attached hydrogen (secondary N) is 1. The number of carbonyl (C=O) groups is 1. The Labute approximate surface area is 110 Å². The lowest BCUT2D eigenvalue weighted by molar-refractivity contribution is -0.124. The first-order valence-corrected chi connectivity index (χ1v) is 7.33. The smallest absolute Gasteiger partial charge is 0.237 e. The third kappa shape index (κ3) is 3.45. The Balaban J connectivity index is 1.80. The number of hydrogen-bond acceptors (Lipinski definition) is 3. The molecular weight excluding hydrogens is 226 g/mol. The second-order valence-electron chi connectivity index (χ2n) is 6.23. The van der Waals surface area contributed by atoms with Crippen LogP contribution in [0.3, 0.4) is 0 Å². The molecule has 0 bridgehead atoms. The van der Waals surface area contributed by atoms with Crippen molar-refractivity contribution in [3.63, 3.8) is 0 Å². The van der Waals surface area contributed by atoms with Crippen LogP contribution in [-0.2, 0) is 4.79 Å². The lowest BCUT2D eigenvalue weighted by Crippen LogP contribution is -2.55. The van der Waals surface area contributed by atoms with Gasteiger partial charge in [-0.1, -0.05) is 13.3 Å². The van der Waals surface area contributed by atoms with Gasteiger partial charge in [-0.15, -0.1) is 0 Å². The molecule has 0 radical (unpaired) electrons. The third-order valence-electron chi connectivity index (χ3n) is 4.52. The Bertz CT molecular complexity index is 303. The molecule has 1 aliphatic carbocycles. The van der Waals surface area contributed by atoms with E-state index in [4.69, 9.17) is 5.73 Å². The van der Waals surface area contributed by atoms with Crippen molar-refractivity contribution in [3.05, 3.63) is 0 Å². The zero-order valence-corrected chi connectivity index (χ0v) is 11.7. The summed E-state index contributed by atoms with van der Waals surface area (Å²) in [6, 6.07) is 0.518. The maximum absolute atomic E-state index is 11.7. The molecule has 2 fully saturated rings. The Hall–Kier alpha value is -0.610. The van der Waals surface area contributed by atoms with Crippen molar-refractivity contribution in [1.82, 2.24) is 10.2 Å². The average Bonchev–Trinajstić information content (AvgIpc) is 3.02. The predicted octanol–water partition coefficient (Wildman–Crippen LogP) is 1.10. The van der Waals surface area contributed by atoms with E-state index in [1.54, 1.807) is 0 Å². The summed E-state index contributed by atoms with van der Waals surface area (Å²) in [6.45, 7) is 7.57. The molecule has 18 heavy (non-hydrogen) atoms. The molecule has 1 saturated carbocycles. The molecule has 0 aromatic carbocycles. The first-order valence-electron chi connectivity index (χ1n) is 7.33. The van der Waals surface area contributed by atoms with Crippen LogP contribution in [0, 0.1) is 5.92 Å². The van der Waals surface area contributed by atoms with Crippen molar-refractivity contribution < 1.29 is 4.79 Å². The molecule has 4 heteroatoms. The van der Waals surface area contributed by atoms with Crippen LogP contribution < -0.4 is 11.1 Å². The van der Waals surface area contributed by atoms with Crippen molar-refractivity contribution in [2.75, 3.05) is 19.6 Å². The molecule has 1 saturated heterocycles. The van der Waals surface area contributed by atoms with E-state index in [2.05, 4.69) is 17.1 Å². The number of likely N-dealkylation sites (tertiary alicyclic amines) is 1. The van der Waals surface area contributed by atoms with Gasteiger partial charge in [0.25, 0.3) is 0 Å². The van der Waals surface area contributed by atoms with Gasteiger partial charge < -0.3 is 16.0 Å². The maximum atomic E-state index is 11.7. The van der Waals surface area contributed by atoms with Crippen LogP contribution in [0.5, 0.6) is 0 Å². The number of primary amides is 1. The molecule has 0 spiro atoms. The summed E-state index contributed by atoms with van der Waals surface area (Å²) in [4.78, 5) is 14.1. The first-order chi connectivity index (χ1) is 8.53. The van der Waals surface area contributed by atoms with Crippen LogP contribution in [0.1, 0.15) is 46.0 Å². The largest absolute Gasteiger partial charge is 0.368 e. The number of hydrogen-bond donors (Lipinski definition) is 2. The van der Waals surface area contributed by atoms with E-state index in [9.17, 15) is 4.79 Å². The maximum Gasteiger partial charge on any atom is 0.237 e. The van der Waals surface area contributed by atoms with Gasteiger partial charge >= 0.3 is 0 Å². The SMILES string of the molecule is CCC1CCN(CCC(C)(NC2CC2)C(N)=O)C1. The minimum atomic E-state index is -0.522. The highest BCUT2D eigenvalue weighted by Crippen LogP contribution is 2.25. The Morgan fingerprint density at radius 3 is 2.67 bits per heavy atom. The summed E-state index contributed by atoms with van der Waals surface area (Å²) in [6.07, 6.45) is 5.77. The van der Waals surface area contributed by atoms with Crippen LogP contribution in [0.15, 0.2) is 0 Å². The summed E-state index contributed by atoms with van der Waals surface area (Å²) in [5, 5.41) is 3.41. The zero-order chi connectivity index (χ0) is 13.2. The molecule has 104 valence electrons. The fraction of sp³-hybridized carbons (Fsp3) is 0.929.